The number of carbonyl (C=O) groups excluding carboxylic acids is 1. The number of hydrogen-bond acceptors (Lipinski definition) is 5. The summed E-state index contributed by atoms with van der Waals surface area (Å²) in [6, 6.07) is -0.702. The average Bonchev–Trinajstić information content (AvgIpc) is 2.37. The number of nitrogens with zero attached hydrogens (tertiary/aromatic N) is 1. The first-order valence-electron chi connectivity index (χ1n) is 4.36. The molecule has 2 aliphatic heterocycles. The molecule has 0 bridgehead atoms. The van der Waals surface area contributed by atoms with E-state index in [4.69, 9.17) is 5.73 Å². The molecule has 3 atom stereocenters. The summed E-state index contributed by atoms with van der Waals surface area (Å²) in [5, 5.41) is 10.1. The van der Waals surface area contributed by atoms with E-state index < -0.39 is 6.04 Å². The highest BCUT2D eigenvalue weighted by Crippen LogP contribution is 2.50. The molecule has 2 fully saturated rings. The minimum Gasteiger partial charge on any atom is -0.759 e. The van der Waals surface area contributed by atoms with Crippen LogP contribution in [0.5, 0.6) is 0 Å². The quantitative estimate of drug-likeness (QED) is 0.272. The molecule has 2 aliphatic rings. The molecule has 1 amide bonds. The molecule has 0 saturated carbocycles. The first kappa shape index (κ1) is 10.2. The van der Waals surface area contributed by atoms with E-state index in [0.717, 1.165) is 6.61 Å². The van der Waals surface area contributed by atoms with Crippen LogP contribution in [-0.2, 0) is 9.68 Å². The third kappa shape index (κ3) is 1.18. The average molecular weight is 216 g/mol. The zero-order chi connectivity index (χ0) is 10.5. The lowest BCUT2D eigenvalue weighted by Gasteiger charge is -2.48. The van der Waals surface area contributed by atoms with Gasteiger partial charge in [0.2, 0.25) is 5.91 Å². The van der Waals surface area contributed by atoms with E-state index in [-0.39, 0.29) is 22.1 Å². The van der Waals surface area contributed by atoms with Crippen molar-refractivity contribution in [2.45, 2.75) is 36.1 Å². The number of rotatable bonds is 2. The van der Waals surface area contributed by atoms with Gasteiger partial charge in [-0.05, 0) is 0 Å². The van der Waals surface area contributed by atoms with Crippen LogP contribution in [0, 0.1) is 6.61 Å². The summed E-state index contributed by atoms with van der Waals surface area (Å²) >= 11 is 1.61. The topological polar surface area (TPSA) is 78.6 Å². The minimum atomic E-state index is -0.427. The lowest BCUT2D eigenvalue weighted by Crippen LogP contribution is -2.67. The highest BCUT2D eigenvalue weighted by atomic mass is 32.2. The molecule has 2 heterocycles. The fourth-order valence-electron chi connectivity index (χ4n) is 1.93. The van der Waals surface area contributed by atoms with Crippen molar-refractivity contribution in [3.05, 3.63) is 6.61 Å². The Bertz CT molecular complexity index is 271. The second-order valence-corrected chi connectivity index (χ2v) is 5.83. The summed E-state index contributed by atoms with van der Waals surface area (Å²) in [4.78, 5) is 16.8. The van der Waals surface area contributed by atoms with Gasteiger partial charge in [0.25, 0.3) is 0 Å². The Morgan fingerprint density at radius 1 is 1.71 bits per heavy atom. The maximum absolute atomic E-state index is 11.4. The van der Waals surface area contributed by atoms with Gasteiger partial charge in [-0.3, -0.25) is 4.79 Å². The molecule has 2 saturated heterocycles. The maximum atomic E-state index is 11.4. The van der Waals surface area contributed by atoms with E-state index in [2.05, 4.69) is 4.89 Å². The molecular formula is C8H12N2O3S-2. The molecule has 0 spiro atoms. The van der Waals surface area contributed by atoms with Crippen LogP contribution in [0.15, 0.2) is 0 Å². The zero-order valence-electron chi connectivity index (χ0n) is 7.97. The van der Waals surface area contributed by atoms with Crippen LogP contribution in [0.3, 0.4) is 0 Å². The Morgan fingerprint density at radius 3 is 2.93 bits per heavy atom. The molecule has 0 aromatic heterocycles. The van der Waals surface area contributed by atoms with Crippen molar-refractivity contribution >= 4 is 17.7 Å². The van der Waals surface area contributed by atoms with Crippen LogP contribution in [0.25, 0.3) is 0 Å². The van der Waals surface area contributed by atoms with Crippen LogP contribution in [0.2, 0.25) is 0 Å². The monoisotopic (exact) mass is 216 g/mol. The summed E-state index contributed by atoms with van der Waals surface area (Å²) in [5.41, 5.74) is 5.64. The van der Waals surface area contributed by atoms with Gasteiger partial charge in [0.1, 0.15) is 6.04 Å². The standard InChI is InChI=1S/C8H13N2O3S/c1-8(2)4(3-13-12)10-6(11)5(9)7(10)14-8/h3-5,7,12H,9H2,1-2H3/q-1/p-1/t4-,5+,7+/m0/s1. The largest absolute Gasteiger partial charge is 0.759 e. The van der Waals surface area contributed by atoms with Gasteiger partial charge in [0, 0.05) is 4.75 Å². The van der Waals surface area contributed by atoms with Crippen LogP contribution in [0.1, 0.15) is 13.8 Å². The number of fused-ring (bicyclic) bond motifs is 1. The summed E-state index contributed by atoms with van der Waals surface area (Å²) in [5.74, 6) is -0.105. The van der Waals surface area contributed by atoms with Gasteiger partial charge < -0.3 is 20.8 Å². The highest BCUT2D eigenvalue weighted by molar-refractivity contribution is 8.01. The Labute approximate surface area is 86.5 Å². The molecule has 6 heteroatoms. The summed E-state index contributed by atoms with van der Waals surface area (Å²) in [6.07, 6.45) is 0. The molecule has 14 heavy (non-hydrogen) atoms. The number of carbonyl (C=O) groups is 1. The van der Waals surface area contributed by atoms with Gasteiger partial charge >= 0.3 is 0 Å². The van der Waals surface area contributed by atoms with Gasteiger partial charge in [-0.1, -0.05) is 19.9 Å². The number of thioether (sulfide) groups is 1. The number of hydrogen-bond donors (Lipinski definition) is 1. The van der Waals surface area contributed by atoms with E-state index in [0.29, 0.717) is 0 Å². The molecule has 0 unspecified atom stereocenters. The van der Waals surface area contributed by atoms with Gasteiger partial charge in [-0.2, -0.15) is 0 Å². The van der Waals surface area contributed by atoms with Crippen molar-refractivity contribution in [3.63, 3.8) is 0 Å². The summed E-state index contributed by atoms with van der Waals surface area (Å²) < 4.78 is -0.209. The van der Waals surface area contributed by atoms with Crippen LogP contribution < -0.4 is 11.0 Å². The van der Waals surface area contributed by atoms with Crippen molar-refractivity contribution in [1.29, 1.82) is 0 Å². The molecule has 0 radical (unpaired) electrons. The van der Waals surface area contributed by atoms with Crippen LogP contribution in [-0.4, -0.2) is 33.0 Å². The Kier molecular flexibility index (Phi) is 2.26. The molecule has 2 rings (SSSR count). The fourth-order valence-corrected chi connectivity index (χ4v) is 3.48. The lowest BCUT2D eigenvalue weighted by molar-refractivity contribution is -0.676. The van der Waals surface area contributed by atoms with E-state index in [1.165, 1.54) is 0 Å². The number of β-lactam (4-membered cyclic amide) rings is 1. The Morgan fingerprint density at radius 2 is 2.36 bits per heavy atom. The van der Waals surface area contributed by atoms with Crippen LogP contribution >= 0.6 is 11.8 Å². The molecule has 0 aromatic carbocycles. The fraction of sp³-hybridized carbons (Fsp3) is 0.750. The maximum Gasteiger partial charge on any atom is 0.241 e. The normalized spacial score (nSPS) is 39.6. The van der Waals surface area contributed by atoms with E-state index in [1.807, 2.05) is 13.8 Å². The lowest BCUT2D eigenvalue weighted by atomic mass is 9.97. The van der Waals surface area contributed by atoms with Crippen molar-refractivity contribution in [2.24, 2.45) is 5.73 Å². The second-order valence-electron chi connectivity index (χ2n) is 4.06. The molecule has 0 aliphatic carbocycles. The molecule has 0 aromatic rings. The summed E-state index contributed by atoms with van der Waals surface area (Å²) in [6.45, 7) is 5.10. The minimum absolute atomic E-state index is 0.00565. The van der Waals surface area contributed by atoms with Crippen molar-refractivity contribution in [1.82, 2.24) is 4.90 Å². The van der Waals surface area contributed by atoms with Crippen LogP contribution in [0.4, 0.5) is 0 Å². The van der Waals surface area contributed by atoms with Gasteiger partial charge in [-0.15, -0.1) is 11.8 Å². The molecular weight excluding hydrogens is 204 g/mol. The first-order valence-corrected chi connectivity index (χ1v) is 5.24. The third-order valence-corrected chi connectivity index (χ3v) is 4.35. The van der Waals surface area contributed by atoms with Crippen molar-refractivity contribution in [2.75, 3.05) is 0 Å². The highest BCUT2D eigenvalue weighted by Gasteiger charge is 2.56. The van der Waals surface area contributed by atoms with E-state index in [1.54, 1.807) is 16.7 Å². The second kappa shape index (κ2) is 3.10. The first-order chi connectivity index (χ1) is 6.49. The third-order valence-electron chi connectivity index (χ3n) is 2.74. The number of amides is 1. The van der Waals surface area contributed by atoms with Gasteiger partial charge in [0.05, 0.1) is 5.37 Å². The predicted octanol–water partition coefficient (Wildman–Crippen LogP) is -1.17. The van der Waals surface area contributed by atoms with Crippen molar-refractivity contribution in [3.8, 4) is 0 Å². The zero-order valence-corrected chi connectivity index (χ0v) is 8.78. The molecule has 2 N–H and O–H groups in total. The SMILES string of the molecule is CC1(C)S[C@@H]2[C@H](N)C(=O)N2[C@H]1[CH-]O[O-]. The Balaban J connectivity index is 2.18. The molecule has 80 valence electrons. The van der Waals surface area contributed by atoms with Gasteiger partial charge in [-0.25, -0.2) is 6.61 Å². The Hall–Kier alpha value is -0.300. The smallest absolute Gasteiger partial charge is 0.241 e. The molecule has 5 nitrogen and oxygen atoms in total. The number of nitrogens with two attached hydrogens (primary N) is 1. The van der Waals surface area contributed by atoms with Gasteiger partial charge in [0.15, 0.2) is 0 Å². The summed E-state index contributed by atoms with van der Waals surface area (Å²) in [7, 11) is 0. The van der Waals surface area contributed by atoms with Crippen molar-refractivity contribution < 1.29 is 14.9 Å². The predicted molar refractivity (Wildman–Crippen MR) is 49.5 cm³/mol. The van der Waals surface area contributed by atoms with E-state index >= 15 is 0 Å². The van der Waals surface area contributed by atoms with E-state index in [9.17, 15) is 10.1 Å².